The molecule has 0 heterocycles. The first kappa shape index (κ1) is 11.2. The minimum atomic E-state index is -0.718. The Balaban J connectivity index is 3.76. The molecule has 0 saturated heterocycles. The molecule has 0 spiro atoms. The molecule has 2 heteroatoms. The van der Waals surface area contributed by atoms with Crippen LogP contribution in [0.5, 0.6) is 0 Å². The lowest BCUT2D eigenvalue weighted by Gasteiger charge is -2.18. The second-order valence-corrected chi connectivity index (χ2v) is 4.00. The Morgan fingerprint density at radius 3 is 2.33 bits per heavy atom. The van der Waals surface area contributed by atoms with Crippen molar-refractivity contribution in [1.29, 1.82) is 0 Å². The molecular weight excluding hydrogens is 152 g/mol. The molecule has 0 radical (unpaired) electrons. The lowest BCUT2D eigenvalue weighted by molar-refractivity contribution is -0.147. The lowest BCUT2D eigenvalue weighted by atomic mass is 9.87. The van der Waals surface area contributed by atoms with Gasteiger partial charge in [0.05, 0.1) is 5.41 Å². The molecule has 70 valence electrons. The minimum absolute atomic E-state index is 0.588. The quantitative estimate of drug-likeness (QED) is 0.644. The van der Waals surface area contributed by atoms with Gasteiger partial charge in [-0.2, -0.15) is 0 Å². The molecule has 0 rings (SSSR count). The fourth-order valence-corrected chi connectivity index (χ4v) is 0.939. The van der Waals surface area contributed by atoms with E-state index < -0.39 is 11.4 Å². The number of carbonyl (C=O) groups is 1. The van der Waals surface area contributed by atoms with Gasteiger partial charge in [-0.3, -0.25) is 4.79 Å². The van der Waals surface area contributed by atoms with E-state index in [1.807, 2.05) is 6.92 Å². The van der Waals surface area contributed by atoms with E-state index in [0.717, 1.165) is 24.8 Å². The van der Waals surface area contributed by atoms with Gasteiger partial charge in [0.15, 0.2) is 0 Å². The van der Waals surface area contributed by atoms with Gasteiger partial charge in [0.25, 0.3) is 0 Å². The average Bonchev–Trinajstić information content (AvgIpc) is 1.85. The number of allylic oxidation sites excluding steroid dienone is 1. The van der Waals surface area contributed by atoms with E-state index in [1.54, 1.807) is 13.8 Å². The van der Waals surface area contributed by atoms with E-state index in [1.165, 1.54) is 0 Å². The smallest absolute Gasteiger partial charge is 0.309 e. The first-order valence-electron chi connectivity index (χ1n) is 4.24. The van der Waals surface area contributed by atoms with Gasteiger partial charge in [-0.15, -0.1) is 6.58 Å². The number of carboxylic acids is 1. The number of hydrogen-bond donors (Lipinski definition) is 1. The van der Waals surface area contributed by atoms with Crippen molar-refractivity contribution in [1.82, 2.24) is 0 Å². The fourth-order valence-electron chi connectivity index (χ4n) is 0.939. The molecular formula is C10H18O2. The molecule has 2 nitrogen and oxygen atoms in total. The summed E-state index contributed by atoms with van der Waals surface area (Å²) in [6, 6.07) is 0. The second kappa shape index (κ2) is 4.29. The van der Waals surface area contributed by atoms with Crippen molar-refractivity contribution < 1.29 is 9.90 Å². The summed E-state index contributed by atoms with van der Waals surface area (Å²) in [5.41, 5.74) is 0.534. The normalized spacial score (nSPS) is 11.2. The van der Waals surface area contributed by atoms with Crippen LogP contribution in [-0.2, 0) is 4.79 Å². The van der Waals surface area contributed by atoms with Crippen LogP contribution in [0.3, 0.4) is 0 Å². The van der Waals surface area contributed by atoms with Gasteiger partial charge >= 0.3 is 5.97 Å². The van der Waals surface area contributed by atoms with Gasteiger partial charge in [0, 0.05) is 0 Å². The van der Waals surface area contributed by atoms with Gasteiger partial charge in [-0.1, -0.05) is 5.57 Å². The summed E-state index contributed by atoms with van der Waals surface area (Å²) < 4.78 is 0. The zero-order chi connectivity index (χ0) is 9.78. The summed E-state index contributed by atoms with van der Waals surface area (Å²) >= 11 is 0. The van der Waals surface area contributed by atoms with E-state index >= 15 is 0 Å². The fraction of sp³-hybridized carbons (Fsp3) is 0.700. The third-order valence-corrected chi connectivity index (χ3v) is 1.98. The van der Waals surface area contributed by atoms with Crippen molar-refractivity contribution in [3.63, 3.8) is 0 Å². The number of rotatable bonds is 5. The third-order valence-electron chi connectivity index (χ3n) is 1.98. The van der Waals surface area contributed by atoms with Crippen molar-refractivity contribution in [2.24, 2.45) is 5.41 Å². The van der Waals surface area contributed by atoms with Crippen LogP contribution in [0.1, 0.15) is 40.0 Å². The monoisotopic (exact) mass is 170 g/mol. The summed E-state index contributed by atoms with van der Waals surface area (Å²) in [4.78, 5) is 10.7. The molecule has 0 fully saturated rings. The first-order chi connectivity index (χ1) is 5.36. The van der Waals surface area contributed by atoms with Crippen LogP contribution in [0.25, 0.3) is 0 Å². The Hall–Kier alpha value is -0.790. The van der Waals surface area contributed by atoms with Crippen LogP contribution in [-0.4, -0.2) is 11.1 Å². The molecule has 0 aliphatic carbocycles. The highest BCUT2D eigenvalue weighted by atomic mass is 16.4. The van der Waals surface area contributed by atoms with Gasteiger partial charge < -0.3 is 5.11 Å². The molecule has 0 aromatic heterocycles. The predicted molar refractivity (Wildman–Crippen MR) is 50.1 cm³/mol. The zero-order valence-electron chi connectivity index (χ0n) is 8.18. The lowest BCUT2D eigenvalue weighted by Crippen LogP contribution is -2.23. The van der Waals surface area contributed by atoms with Crippen LogP contribution in [0.4, 0.5) is 0 Å². The molecule has 0 atom stereocenters. The average molecular weight is 170 g/mol. The van der Waals surface area contributed by atoms with Crippen LogP contribution in [0, 0.1) is 5.41 Å². The second-order valence-electron chi connectivity index (χ2n) is 4.00. The maximum atomic E-state index is 10.7. The molecule has 0 bridgehead atoms. The van der Waals surface area contributed by atoms with Gasteiger partial charge in [0.2, 0.25) is 0 Å². The van der Waals surface area contributed by atoms with Gasteiger partial charge in [0.1, 0.15) is 0 Å². The van der Waals surface area contributed by atoms with Crippen molar-refractivity contribution in [2.45, 2.75) is 40.0 Å². The van der Waals surface area contributed by atoms with E-state index in [2.05, 4.69) is 6.58 Å². The zero-order valence-corrected chi connectivity index (χ0v) is 8.18. The topological polar surface area (TPSA) is 37.3 Å². The molecule has 0 unspecified atom stereocenters. The van der Waals surface area contributed by atoms with Crippen molar-refractivity contribution in [2.75, 3.05) is 0 Å². The van der Waals surface area contributed by atoms with Crippen LogP contribution >= 0.6 is 0 Å². The van der Waals surface area contributed by atoms with Crippen LogP contribution in [0.15, 0.2) is 12.2 Å². The molecule has 0 aliphatic rings. The molecule has 1 N–H and O–H groups in total. The van der Waals surface area contributed by atoms with Crippen LogP contribution in [0.2, 0.25) is 0 Å². The molecule has 0 aliphatic heterocycles. The SMILES string of the molecule is C=C(C)CCCC(C)(C)C(=O)O. The molecule has 12 heavy (non-hydrogen) atoms. The molecule has 0 aromatic carbocycles. The highest BCUT2D eigenvalue weighted by Gasteiger charge is 2.25. The van der Waals surface area contributed by atoms with Crippen molar-refractivity contribution in [3.8, 4) is 0 Å². The Bertz CT molecular complexity index is 180. The van der Waals surface area contributed by atoms with Crippen molar-refractivity contribution >= 4 is 5.97 Å². The van der Waals surface area contributed by atoms with E-state index in [4.69, 9.17) is 5.11 Å². The molecule has 0 aromatic rings. The number of carboxylic acid groups (broad SMARTS) is 1. The Morgan fingerprint density at radius 1 is 1.50 bits per heavy atom. The first-order valence-corrected chi connectivity index (χ1v) is 4.24. The predicted octanol–water partition coefficient (Wildman–Crippen LogP) is 2.84. The maximum absolute atomic E-state index is 10.7. The summed E-state index contributed by atoms with van der Waals surface area (Å²) in [5, 5.41) is 8.78. The van der Waals surface area contributed by atoms with E-state index in [0.29, 0.717) is 0 Å². The number of aliphatic carboxylic acids is 1. The highest BCUT2D eigenvalue weighted by Crippen LogP contribution is 2.24. The summed E-state index contributed by atoms with van der Waals surface area (Å²) in [6.45, 7) is 9.25. The maximum Gasteiger partial charge on any atom is 0.309 e. The Kier molecular flexibility index (Phi) is 4.01. The molecule has 0 saturated carbocycles. The molecule has 0 amide bonds. The Morgan fingerprint density at radius 2 is 2.00 bits per heavy atom. The Labute approximate surface area is 74.3 Å². The van der Waals surface area contributed by atoms with Gasteiger partial charge in [-0.25, -0.2) is 0 Å². The van der Waals surface area contributed by atoms with Crippen LogP contribution < -0.4 is 0 Å². The van der Waals surface area contributed by atoms with E-state index in [-0.39, 0.29) is 0 Å². The minimum Gasteiger partial charge on any atom is -0.481 e. The summed E-state index contributed by atoms with van der Waals surface area (Å²) in [6.07, 6.45) is 2.56. The van der Waals surface area contributed by atoms with E-state index in [9.17, 15) is 4.79 Å². The third kappa shape index (κ3) is 4.16. The highest BCUT2D eigenvalue weighted by molar-refractivity contribution is 5.73. The standard InChI is InChI=1S/C10H18O2/c1-8(2)6-5-7-10(3,4)9(11)12/h1,5-7H2,2-4H3,(H,11,12). The summed E-state index contributed by atoms with van der Waals surface area (Å²) in [5.74, 6) is -0.718. The van der Waals surface area contributed by atoms with Crippen molar-refractivity contribution in [3.05, 3.63) is 12.2 Å². The summed E-state index contributed by atoms with van der Waals surface area (Å²) in [7, 11) is 0. The number of hydrogen-bond acceptors (Lipinski definition) is 1. The van der Waals surface area contributed by atoms with Gasteiger partial charge in [-0.05, 0) is 40.0 Å². The largest absolute Gasteiger partial charge is 0.481 e.